The van der Waals surface area contributed by atoms with Crippen LogP contribution in [-0.4, -0.2) is 46.2 Å². The average Bonchev–Trinajstić information content (AvgIpc) is 2.75. The Morgan fingerprint density at radius 3 is 2.06 bits per heavy atom. The fourth-order valence-corrected chi connectivity index (χ4v) is 4.42. The van der Waals surface area contributed by atoms with Crippen molar-refractivity contribution in [2.24, 2.45) is 17.3 Å². The van der Waals surface area contributed by atoms with Gasteiger partial charge >= 0.3 is 0 Å². The van der Waals surface area contributed by atoms with E-state index in [2.05, 4.69) is 0 Å². The summed E-state index contributed by atoms with van der Waals surface area (Å²) in [5.74, 6) is -7.17. The number of ether oxygens (including phenoxy) is 1. The van der Waals surface area contributed by atoms with Gasteiger partial charge in [0.1, 0.15) is 28.7 Å². The number of phenolic OH excluding ortho intramolecular Hbond substituents is 2. The smallest absolute Gasteiger partial charge is 0.170 e. The quantitative estimate of drug-likeness (QED) is 0.423. The van der Waals surface area contributed by atoms with Crippen LogP contribution in [0.2, 0.25) is 0 Å². The summed E-state index contributed by atoms with van der Waals surface area (Å²) in [6.45, 7) is 7.78. The predicted molar refractivity (Wildman–Crippen MR) is 120 cm³/mol. The topological polar surface area (TPSA) is 135 Å². The number of hydrogen-bond donors (Lipinski definition) is 2. The summed E-state index contributed by atoms with van der Waals surface area (Å²) in [5.41, 5.74) is -1.70. The Kier molecular flexibility index (Phi) is 7.83. The zero-order valence-corrected chi connectivity index (χ0v) is 20.0. The first-order valence-corrected chi connectivity index (χ1v) is 11.2. The Labute approximate surface area is 193 Å². The normalized spacial score (nSPS) is 20.1. The van der Waals surface area contributed by atoms with E-state index in [1.807, 2.05) is 0 Å². The van der Waals surface area contributed by atoms with Gasteiger partial charge in [-0.05, 0) is 40.0 Å². The van der Waals surface area contributed by atoms with Crippen molar-refractivity contribution in [3.8, 4) is 17.2 Å². The lowest BCUT2D eigenvalue weighted by molar-refractivity contribution is -0.157. The second-order valence-corrected chi connectivity index (χ2v) is 9.04. The van der Waals surface area contributed by atoms with Gasteiger partial charge in [0.15, 0.2) is 28.9 Å². The van der Waals surface area contributed by atoms with Crippen LogP contribution < -0.4 is 4.74 Å². The molecule has 0 bridgehead atoms. The molecule has 180 valence electrons. The Hall–Kier alpha value is -3.03. The lowest BCUT2D eigenvalue weighted by atomic mass is 9.62. The van der Waals surface area contributed by atoms with E-state index in [9.17, 15) is 34.2 Å². The molecule has 0 amide bonds. The molecule has 8 heteroatoms. The molecule has 8 nitrogen and oxygen atoms in total. The van der Waals surface area contributed by atoms with E-state index in [0.29, 0.717) is 12.8 Å². The van der Waals surface area contributed by atoms with E-state index >= 15 is 0 Å². The highest BCUT2D eigenvalue weighted by Gasteiger charge is 2.55. The van der Waals surface area contributed by atoms with Crippen molar-refractivity contribution in [1.82, 2.24) is 0 Å². The summed E-state index contributed by atoms with van der Waals surface area (Å²) in [5, 5.41) is 21.7. The van der Waals surface area contributed by atoms with Gasteiger partial charge in [0, 0.05) is 24.0 Å². The van der Waals surface area contributed by atoms with Crippen molar-refractivity contribution in [2.75, 3.05) is 7.11 Å². The van der Waals surface area contributed by atoms with E-state index in [0.717, 1.165) is 0 Å². The second kappa shape index (κ2) is 9.85. The van der Waals surface area contributed by atoms with Gasteiger partial charge in [-0.3, -0.25) is 24.0 Å². The van der Waals surface area contributed by atoms with Crippen LogP contribution in [0.4, 0.5) is 0 Å². The van der Waals surface area contributed by atoms with Crippen LogP contribution in [0, 0.1) is 24.2 Å². The van der Waals surface area contributed by atoms with Crippen molar-refractivity contribution in [3.63, 3.8) is 0 Å². The number of carbonyl (C=O) groups is 5. The molecular formula is C25H32O8. The van der Waals surface area contributed by atoms with Gasteiger partial charge in [0.2, 0.25) is 0 Å². The number of phenols is 2. The number of carbonyl (C=O) groups excluding carboxylic acids is 5. The fraction of sp³-hybridized carbons (Fsp3) is 0.560. The Bertz CT molecular complexity index is 1020. The molecule has 0 radical (unpaired) electrons. The molecule has 0 unspecified atom stereocenters. The number of rotatable bonds is 9. The van der Waals surface area contributed by atoms with E-state index < -0.39 is 64.1 Å². The molecule has 2 rings (SSSR count). The predicted octanol–water partition coefficient (Wildman–Crippen LogP) is 3.29. The Morgan fingerprint density at radius 1 is 0.970 bits per heavy atom. The maximum Gasteiger partial charge on any atom is 0.170 e. The maximum atomic E-state index is 13.2. The summed E-state index contributed by atoms with van der Waals surface area (Å²) < 4.78 is 5.25. The van der Waals surface area contributed by atoms with Gasteiger partial charge in [-0.2, -0.15) is 0 Å². The molecular weight excluding hydrogens is 428 g/mol. The molecule has 1 aliphatic rings. The summed E-state index contributed by atoms with van der Waals surface area (Å²) in [6, 6.07) is 0. The monoisotopic (exact) mass is 460 g/mol. The summed E-state index contributed by atoms with van der Waals surface area (Å²) >= 11 is 0. The van der Waals surface area contributed by atoms with Gasteiger partial charge in [-0.1, -0.05) is 13.8 Å². The van der Waals surface area contributed by atoms with Crippen LogP contribution in [0.1, 0.15) is 74.9 Å². The second-order valence-electron chi connectivity index (χ2n) is 9.04. The molecule has 1 aromatic rings. The van der Waals surface area contributed by atoms with E-state index in [-0.39, 0.29) is 35.3 Å². The van der Waals surface area contributed by atoms with Gasteiger partial charge in [0.05, 0.1) is 18.4 Å². The third kappa shape index (κ3) is 4.43. The number of benzene rings is 1. The fourth-order valence-electron chi connectivity index (χ4n) is 4.42. The lowest BCUT2D eigenvalue weighted by Crippen LogP contribution is -2.55. The molecule has 0 heterocycles. The van der Waals surface area contributed by atoms with Gasteiger partial charge < -0.3 is 14.9 Å². The number of ketones is 5. The first kappa shape index (κ1) is 26.2. The molecule has 1 saturated carbocycles. The minimum atomic E-state index is -1.58. The lowest BCUT2D eigenvalue weighted by Gasteiger charge is -2.36. The highest BCUT2D eigenvalue weighted by atomic mass is 16.5. The SMILES string of the molecule is CCCC(=O)c1c(O)c(C[C@H]2C(=O)[C@H](C(=O)CCC)C(=O)C(C)(C)C2=O)c(O)c(C)c1OC. The minimum absolute atomic E-state index is 0.0139. The van der Waals surface area contributed by atoms with Gasteiger partial charge in [-0.15, -0.1) is 0 Å². The average molecular weight is 461 g/mol. The third-order valence-corrected chi connectivity index (χ3v) is 6.36. The van der Waals surface area contributed by atoms with Crippen LogP contribution in [0.5, 0.6) is 17.2 Å². The van der Waals surface area contributed by atoms with Gasteiger partial charge in [0.25, 0.3) is 0 Å². The molecule has 1 aliphatic carbocycles. The third-order valence-electron chi connectivity index (χ3n) is 6.36. The van der Waals surface area contributed by atoms with Crippen molar-refractivity contribution < 1.29 is 38.9 Å². The zero-order chi connectivity index (χ0) is 25.2. The van der Waals surface area contributed by atoms with Gasteiger partial charge in [-0.25, -0.2) is 0 Å². The summed E-state index contributed by atoms with van der Waals surface area (Å²) in [7, 11) is 1.30. The summed E-state index contributed by atoms with van der Waals surface area (Å²) in [6.07, 6.45) is 0.640. The highest BCUT2D eigenvalue weighted by molar-refractivity contribution is 6.33. The van der Waals surface area contributed by atoms with Crippen molar-refractivity contribution in [3.05, 3.63) is 16.7 Å². The van der Waals surface area contributed by atoms with E-state index in [4.69, 9.17) is 4.74 Å². The van der Waals surface area contributed by atoms with Crippen molar-refractivity contribution in [2.45, 2.75) is 66.7 Å². The zero-order valence-electron chi connectivity index (χ0n) is 20.0. The van der Waals surface area contributed by atoms with Crippen LogP contribution in [0.3, 0.4) is 0 Å². The van der Waals surface area contributed by atoms with Crippen LogP contribution in [0.15, 0.2) is 0 Å². The van der Waals surface area contributed by atoms with Crippen LogP contribution in [0.25, 0.3) is 0 Å². The molecule has 2 N–H and O–H groups in total. The molecule has 2 atom stereocenters. The molecule has 0 spiro atoms. The maximum absolute atomic E-state index is 13.2. The molecule has 0 aliphatic heterocycles. The summed E-state index contributed by atoms with van der Waals surface area (Å²) in [4.78, 5) is 64.5. The Balaban J connectivity index is 2.66. The number of methoxy groups -OCH3 is 1. The van der Waals surface area contributed by atoms with Crippen molar-refractivity contribution >= 4 is 28.9 Å². The molecule has 1 fully saturated rings. The molecule has 0 saturated heterocycles. The number of hydrogen-bond acceptors (Lipinski definition) is 8. The minimum Gasteiger partial charge on any atom is -0.507 e. The van der Waals surface area contributed by atoms with Crippen LogP contribution in [-0.2, 0) is 25.6 Å². The van der Waals surface area contributed by atoms with Crippen LogP contribution >= 0.6 is 0 Å². The molecule has 33 heavy (non-hydrogen) atoms. The first-order valence-electron chi connectivity index (χ1n) is 11.2. The largest absolute Gasteiger partial charge is 0.507 e. The van der Waals surface area contributed by atoms with E-state index in [1.54, 1.807) is 13.8 Å². The highest BCUT2D eigenvalue weighted by Crippen LogP contribution is 2.45. The Morgan fingerprint density at radius 2 is 1.55 bits per heavy atom. The molecule has 0 aromatic heterocycles. The van der Waals surface area contributed by atoms with Crippen molar-refractivity contribution in [1.29, 1.82) is 0 Å². The standard InChI is InChI=1S/C25H32O8/c1-7-9-15(26)17-20(29)13(19(28)12(3)22(17)33-6)11-14-21(30)18(16(27)10-8-2)24(32)25(4,5)23(14)31/h14,18,28-29H,7-11H2,1-6H3/t14-,18-/m0/s1. The van der Waals surface area contributed by atoms with E-state index in [1.165, 1.54) is 27.9 Å². The molecule has 1 aromatic carbocycles. The number of Topliss-reactive ketones (excluding diaryl/α,β-unsaturated/α-hetero) is 5. The first-order chi connectivity index (χ1) is 15.4. The number of aromatic hydroxyl groups is 2.